The minimum Gasteiger partial charge on any atom is -0.354 e. The highest BCUT2D eigenvalue weighted by molar-refractivity contribution is 6.20. The van der Waals surface area contributed by atoms with E-state index in [0.717, 1.165) is 18.5 Å². The number of allylic oxidation sites excluding steroid dienone is 1. The number of fused-ring (bicyclic) bond motifs is 10. The molecule has 0 amide bonds. The Kier molecular flexibility index (Phi) is 6.89. The molecular formula is C50H43N3. The molecule has 2 aromatic heterocycles. The molecule has 11 rings (SSSR count). The highest BCUT2D eigenvalue weighted by atomic mass is 15.1. The van der Waals surface area contributed by atoms with Crippen LogP contribution in [-0.4, -0.2) is 9.55 Å². The van der Waals surface area contributed by atoms with Crippen molar-refractivity contribution < 1.29 is 0 Å². The summed E-state index contributed by atoms with van der Waals surface area (Å²) in [7, 11) is 0. The van der Waals surface area contributed by atoms with Gasteiger partial charge >= 0.3 is 0 Å². The number of para-hydroxylation sites is 3. The Hall–Kier alpha value is -5.80. The first kappa shape index (κ1) is 30.8. The first-order chi connectivity index (χ1) is 26.2. The molecule has 0 saturated heterocycles. The van der Waals surface area contributed by atoms with Crippen molar-refractivity contribution in [3.05, 3.63) is 162 Å². The van der Waals surface area contributed by atoms with Crippen LogP contribution in [0.5, 0.6) is 0 Å². The van der Waals surface area contributed by atoms with Gasteiger partial charge in [0.25, 0.3) is 0 Å². The summed E-state index contributed by atoms with van der Waals surface area (Å²) in [6.45, 7) is 2.57. The Labute approximate surface area is 311 Å². The second-order valence-corrected chi connectivity index (χ2v) is 15.7. The molecule has 258 valence electrons. The maximum Gasteiger partial charge on any atom is 0.0569 e. The summed E-state index contributed by atoms with van der Waals surface area (Å²) in [5.41, 5.74) is 16.9. The molecule has 0 bridgehead atoms. The maximum absolute atomic E-state index is 4.01. The molecule has 3 aliphatic carbocycles. The summed E-state index contributed by atoms with van der Waals surface area (Å²) in [5.74, 6) is 0.600. The topological polar surface area (TPSA) is 24.0 Å². The van der Waals surface area contributed by atoms with Gasteiger partial charge in [0, 0.05) is 61.0 Å². The third kappa shape index (κ3) is 4.46. The van der Waals surface area contributed by atoms with Gasteiger partial charge in [-0.05, 0) is 96.8 Å². The Balaban J connectivity index is 1.24. The Morgan fingerprint density at radius 2 is 1.45 bits per heavy atom. The van der Waals surface area contributed by atoms with Crippen molar-refractivity contribution >= 4 is 55.8 Å². The monoisotopic (exact) mass is 685 g/mol. The van der Waals surface area contributed by atoms with Crippen LogP contribution in [0, 0.1) is 5.92 Å². The number of benzene rings is 6. The van der Waals surface area contributed by atoms with Crippen LogP contribution in [0.2, 0.25) is 0 Å². The summed E-state index contributed by atoms with van der Waals surface area (Å²) in [5, 5.41) is 3.86. The molecule has 6 aromatic carbocycles. The first-order valence-electron chi connectivity index (χ1n) is 19.6. The van der Waals surface area contributed by atoms with Crippen LogP contribution in [0.4, 0.5) is 17.1 Å². The molecule has 1 fully saturated rings. The van der Waals surface area contributed by atoms with Crippen molar-refractivity contribution in [3.63, 3.8) is 0 Å². The van der Waals surface area contributed by atoms with E-state index in [1.54, 1.807) is 0 Å². The molecular weight excluding hydrogens is 643 g/mol. The van der Waals surface area contributed by atoms with Crippen LogP contribution in [0.1, 0.15) is 67.8 Å². The molecule has 1 saturated carbocycles. The van der Waals surface area contributed by atoms with E-state index >= 15 is 0 Å². The molecule has 8 aromatic rings. The molecule has 53 heavy (non-hydrogen) atoms. The average molecular weight is 686 g/mol. The zero-order valence-electron chi connectivity index (χ0n) is 30.3. The zero-order valence-corrected chi connectivity index (χ0v) is 30.3. The highest BCUT2D eigenvalue weighted by Crippen LogP contribution is 2.60. The zero-order chi connectivity index (χ0) is 35.1. The molecule has 0 radical (unpaired) electrons. The van der Waals surface area contributed by atoms with Crippen molar-refractivity contribution in [2.45, 2.75) is 57.3 Å². The summed E-state index contributed by atoms with van der Waals surface area (Å²) in [6, 6.07) is 50.0. The maximum atomic E-state index is 4.01. The largest absolute Gasteiger partial charge is 0.354 e. The standard InChI is InChI=1S/C50H43N3/c1-50(33-17-5-2-6-18-33)41-26-14-11-24-39(41)47-42(50)32-46(48-40-25-12-15-27-43(40)51-49(47)48)52(34-19-7-3-8-20-34)36-29-30-38-37-23-13-16-28-44(37)53(45(38)31-36)35-21-9-4-10-22-35/h3-4,7-15,19-27,29-33,51H,2,5-6,16-18,28H2,1H3. The van der Waals surface area contributed by atoms with Crippen molar-refractivity contribution in [1.82, 2.24) is 9.55 Å². The van der Waals surface area contributed by atoms with Crippen LogP contribution in [0.25, 0.3) is 55.6 Å². The quantitative estimate of drug-likeness (QED) is 0.192. The number of hydrogen-bond donors (Lipinski definition) is 1. The lowest BCUT2D eigenvalue weighted by Crippen LogP contribution is -2.33. The van der Waals surface area contributed by atoms with Gasteiger partial charge in [0.05, 0.1) is 16.7 Å². The van der Waals surface area contributed by atoms with Crippen molar-refractivity contribution in [2.75, 3.05) is 4.90 Å². The number of nitrogens with zero attached hydrogens (tertiary/aromatic N) is 2. The Bertz CT molecular complexity index is 2720. The second kappa shape index (κ2) is 11.9. The Morgan fingerprint density at radius 1 is 0.698 bits per heavy atom. The SMILES string of the molecule is CC1(C2CCCCC2)c2ccccc2-c2c1cc(N(c1ccccc1)c1ccc3c4c(n(-c5ccccc5)c3c1)CCC=C4)c1c2[nH]c2ccccc21. The Morgan fingerprint density at radius 3 is 2.30 bits per heavy atom. The number of hydrogen-bond acceptors (Lipinski definition) is 1. The van der Waals surface area contributed by atoms with Crippen molar-refractivity contribution in [2.24, 2.45) is 5.92 Å². The van der Waals surface area contributed by atoms with Gasteiger partial charge in [0.15, 0.2) is 0 Å². The lowest BCUT2D eigenvalue weighted by atomic mass is 9.64. The van der Waals surface area contributed by atoms with Crippen LogP contribution in [0.15, 0.2) is 140 Å². The fourth-order valence-electron chi connectivity index (χ4n) is 10.5. The van der Waals surface area contributed by atoms with E-state index in [9.17, 15) is 0 Å². The second-order valence-electron chi connectivity index (χ2n) is 15.7. The van der Waals surface area contributed by atoms with Crippen LogP contribution >= 0.6 is 0 Å². The molecule has 1 N–H and O–H groups in total. The van der Waals surface area contributed by atoms with Crippen LogP contribution in [0.3, 0.4) is 0 Å². The highest BCUT2D eigenvalue weighted by Gasteiger charge is 2.47. The normalized spacial score (nSPS) is 18.1. The van der Waals surface area contributed by atoms with E-state index in [0.29, 0.717) is 5.92 Å². The smallest absolute Gasteiger partial charge is 0.0569 e. The molecule has 2 heterocycles. The number of aromatic nitrogens is 2. The molecule has 0 spiro atoms. The van der Waals surface area contributed by atoms with Crippen molar-refractivity contribution in [1.29, 1.82) is 0 Å². The lowest BCUT2D eigenvalue weighted by molar-refractivity contribution is 0.258. The fourth-order valence-corrected chi connectivity index (χ4v) is 10.5. The van der Waals surface area contributed by atoms with Gasteiger partial charge in [0.1, 0.15) is 0 Å². The predicted octanol–water partition coefficient (Wildman–Crippen LogP) is 13.6. The van der Waals surface area contributed by atoms with Gasteiger partial charge in [-0.15, -0.1) is 0 Å². The lowest BCUT2D eigenvalue weighted by Gasteiger charge is -2.39. The number of nitrogens with one attached hydrogen (secondary N) is 1. The van der Waals surface area contributed by atoms with E-state index in [1.165, 1.54) is 115 Å². The third-order valence-corrected chi connectivity index (χ3v) is 13.0. The van der Waals surface area contributed by atoms with Crippen molar-refractivity contribution in [3.8, 4) is 16.8 Å². The number of H-pyrrole nitrogens is 1. The summed E-state index contributed by atoms with van der Waals surface area (Å²) >= 11 is 0. The molecule has 3 nitrogen and oxygen atoms in total. The van der Waals surface area contributed by atoms with Crippen LogP contribution < -0.4 is 4.90 Å². The van der Waals surface area contributed by atoms with E-state index in [4.69, 9.17) is 0 Å². The van der Waals surface area contributed by atoms with Gasteiger partial charge in [-0.2, -0.15) is 0 Å². The molecule has 1 unspecified atom stereocenters. The summed E-state index contributed by atoms with van der Waals surface area (Å²) in [6.07, 6.45) is 13.3. The van der Waals surface area contributed by atoms with Gasteiger partial charge in [0.2, 0.25) is 0 Å². The third-order valence-electron chi connectivity index (χ3n) is 13.0. The molecule has 1 atom stereocenters. The van der Waals surface area contributed by atoms with Gasteiger partial charge in [-0.25, -0.2) is 0 Å². The molecule has 3 aliphatic rings. The molecule has 0 aliphatic heterocycles. The number of aromatic amines is 1. The van der Waals surface area contributed by atoms with E-state index in [1.807, 2.05) is 0 Å². The van der Waals surface area contributed by atoms with E-state index in [2.05, 4.69) is 167 Å². The minimum atomic E-state index is -0.0771. The van der Waals surface area contributed by atoms with E-state index < -0.39 is 0 Å². The van der Waals surface area contributed by atoms with Crippen LogP contribution in [-0.2, 0) is 11.8 Å². The van der Waals surface area contributed by atoms with Gasteiger partial charge in [-0.3, -0.25) is 0 Å². The predicted molar refractivity (Wildman–Crippen MR) is 223 cm³/mol. The van der Waals surface area contributed by atoms with Gasteiger partial charge < -0.3 is 14.5 Å². The minimum absolute atomic E-state index is 0.0771. The van der Waals surface area contributed by atoms with Gasteiger partial charge in [-0.1, -0.05) is 123 Å². The average Bonchev–Trinajstić information content (AvgIpc) is 3.86. The number of rotatable bonds is 5. The molecule has 3 heteroatoms. The fraction of sp³-hybridized carbons (Fsp3) is 0.200. The summed E-state index contributed by atoms with van der Waals surface area (Å²) < 4.78 is 2.52. The number of anilines is 3. The van der Waals surface area contributed by atoms with E-state index in [-0.39, 0.29) is 5.41 Å². The summed E-state index contributed by atoms with van der Waals surface area (Å²) in [4.78, 5) is 6.56. The first-order valence-corrected chi connectivity index (χ1v) is 19.6.